The number of nitrogens with one attached hydrogen (secondary N) is 2. The van der Waals surface area contributed by atoms with Gasteiger partial charge in [-0.3, -0.25) is 14.4 Å². The maximum Gasteiger partial charge on any atom is 0.248 e. The molecule has 3 saturated heterocycles. The number of benzene rings is 2. The zero-order valence-electron chi connectivity index (χ0n) is 23.3. The van der Waals surface area contributed by atoms with Crippen LogP contribution in [0.5, 0.6) is 0 Å². The van der Waals surface area contributed by atoms with Gasteiger partial charge in [-0.2, -0.15) is 0 Å². The van der Waals surface area contributed by atoms with Crippen LogP contribution in [0, 0.1) is 37.5 Å². The second kappa shape index (κ2) is 10.6. The van der Waals surface area contributed by atoms with Crippen molar-refractivity contribution in [2.24, 2.45) is 23.7 Å². The summed E-state index contributed by atoms with van der Waals surface area (Å²) in [6.45, 7) is 9.82. The highest BCUT2D eigenvalue weighted by Crippen LogP contribution is 2.69. The molecule has 2 aromatic carbocycles. The van der Waals surface area contributed by atoms with E-state index in [-0.39, 0.29) is 41.4 Å². The van der Waals surface area contributed by atoms with Crippen LogP contribution in [0.25, 0.3) is 0 Å². The molecule has 39 heavy (non-hydrogen) atoms. The molecule has 7 nitrogen and oxygen atoms in total. The van der Waals surface area contributed by atoms with E-state index in [9.17, 15) is 19.5 Å². The fourth-order valence-corrected chi connectivity index (χ4v) is 9.59. The molecule has 3 N–H and O–H groups in total. The molecule has 0 aliphatic carbocycles. The third-order valence-electron chi connectivity index (χ3n) is 9.35. The van der Waals surface area contributed by atoms with Crippen molar-refractivity contribution in [3.63, 3.8) is 0 Å². The smallest absolute Gasteiger partial charge is 0.248 e. The Labute approximate surface area is 235 Å². The van der Waals surface area contributed by atoms with E-state index in [0.717, 1.165) is 29.7 Å². The van der Waals surface area contributed by atoms with Crippen LogP contribution in [0.2, 0.25) is 0 Å². The van der Waals surface area contributed by atoms with E-state index in [1.165, 1.54) is 0 Å². The number of likely N-dealkylation sites (tertiary alicyclic amines) is 1. The first-order valence-electron chi connectivity index (χ1n) is 14.0. The van der Waals surface area contributed by atoms with E-state index in [1.807, 2.05) is 76.2 Å². The summed E-state index contributed by atoms with van der Waals surface area (Å²) in [5.74, 6) is -1.75. The molecule has 8 atom stereocenters. The lowest BCUT2D eigenvalue weighted by Crippen LogP contribution is -2.58. The van der Waals surface area contributed by atoms with Gasteiger partial charge in [0.2, 0.25) is 17.7 Å². The minimum absolute atomic E-state index is 0.0150. The molecule has 1 spiro atoms. The van der Waals surface area contributed by atoms with Crippen molar-refractivity contribution in [3.8, 4) is 0 Å². The summed E-state index contributed by atoms with van der Waals surface area (Å²) in [7, 11) is 0. The molecule has 0 saturated carbocycles. The molecule has 8 heteroatoms. The third-order valence-corrected chi connectivity index (χ3v) is 11.4. The Morgan fingerprint density at radius 3 is 2.36 bits per heavy atom. The first-order valence-corrected chi connectivity index (χ1v) is 14.9. The molecule has 3 unspecified atom stereocenters. The average molecular weight is 550 g/mol. The van der Waals surface area contributed by atoms with Crippen LogP contribution in [-0.2, 0) is 14.4 Å². The highest BCUT2D eigenvalue weighted by Gasteiger charge is 2.76. The van der Waals surface area contributed by atoms with E-state index < -0.39 is 28.7 Å². The largest absolute Gasteiger partial charge is 0.394 e. The van der Waals surface area contributed by atoms with Crippen LogP contribution >= 0.6 is 11.8 Å². The summed E-state index contributed by atoms with van der Waals surface area (Å²) in [4.78, 5) is 44.2. The number of aryl methyl sites for hydroxylation is 2. The van der Waals surface area contributed by atoms with E-state index in [2.05, 4.69) is 17.6 Å². The number of carbonyl (C=O) groups excluding carboxylic acids is 3. The Hall–Kier alpha value is -2.84. The van der Waals surface area contributed by atoms with Crippen LogP contribution in [0.15, 0.2) is 48.5 Å². The topological polar surface area (TPSA) is 98.7 Å². The van der Waals surface area contributed by atoms with Gasteiger partial charge in [0.25, 0.3) is 0 Å². The van der Waals surface area contributed by atoms with Gasteiger partial charge in [0.05, 0.1) is 29.2 Å². The number of thioether (sulfide) groups is 1. The molecule has 3 fully saturated rings. The molecule has 3 heterocycles. The SMILES string of the molecule is CC[C@H](C)[C@H](CO)N1C(=O)[C@@H]2[C@H](C(=O)Nc3ccccc3)[C@@H]3CC(C)C2(S3)C1C(=O)Nc1c(C)cccc1C. The summed E-state index contributed by atoms with van der Waals surface area (Å²) in [5.41, 5.74) is 3.34. The van der Waals surface area contributed by atoms with Gasteiger partial charge in [-0.1, -0.05) is 63.6 Å². The van der Waals surface area contributed by atoms with E-state index in [1.54, 1.807) is 16.7 Å². The number of para-hydroxylation sites is 2. The normalized spacial score (nSPS) is 30.7. The maximum atomic E-state index is 14.4. The number of hydrogen-bond donors (Lipinski definition) is 3. The predicted octanol–water partition coefficient (Wildman–Crippen LogP) is 4.62. The molecule has 0 aromatic heterocycles. The number of anilines is 2. The van der Waals surface area contributed by atoms with Gasteiger partial charge in [-0.15, -0.1) is 11.8 Å². The van der Waals surface area contributed by atoms with E-state index in [4.69, 9.17) is 0 Å². The number of rotatable bonds is 8. The molecule has 2 bridgehead atoms. The summed E-state index contributed by atoms with van der Waals surface area (Å²) in [6.07, 6.45) is 1.51. The number of fused-ring (bicyclic) bond motifs is 1. The van der Waals surface area contributed by atoms with Crippen molar-refractivity contribution in [2.75, 3.05) is 17.2 Å². The summed E-state index contributed by atoms with van der Waals surface area (Å²) < 4.78 is -0.748. The second-order valence-corrected chi connectivity index (χ2v) is 13.1. The van der Waals surface area contributed by atoms with Gasteiger partial charge in [0.1, 0.15) is 6.04 Å². The van der Waals surface area contributed by atoms with Crippen LogP contribution < -0.4 is 10.6 Å². The quantitative estimate of drug-likeness (QED) is 0.446. The Kier molecular flexibility index (Phi) is 7.55. The van der Waals surface area contributed by atoms with Crippen LogP contribution in [0.1, 0.15) is 44.7 Å². The molecule has 208 valence electrons. The Bertz CT molecular complexity index is 1250. The fourth-order valence-electron chi connectivity index (χ4n) is 7.18. The third kappa shape index (κ3) is 4.36. The summed E-state index contributed by atoms with van der Waals surface area (Å²) in [5, 5.41) is 16.7. The molecule has 3 aliphatic rings. The molecule has 5 rings (SSSR count). The van der Waals surface area contributed by atoms with Gasteiger partial charge < -0.3 is 20.6 Å². The minimum atomic E-state index is -0.792. The number of aliphatic hydroxyl groups is 1. The number of nitrogens with zero attached hydrogens (tertiary/aromatic N) is 1. The lowest BCUT2D eigenvalue weighted by molar-refractivity contribution is -0.142. The fraction of sp³-hybridized carbons (Fsp3) is 0.516. The van der Waals surface area contributed by atoms with Crippen molar-refractivity contribution < 1.29 is 19.5 Å². The first kappa shape index (κ1) is 27.7. The monoisotopic (exact) mass is 549 g/mol. The Morgan fingerprint density at radius 2 is 1.74 bits per heavy atom. The second-order valence-electron chi connectivity index (χ2n) is 11.5. The van der Waals surface area contributed by atoms with E-state index >= 15 is 0 Å². The summed E-state index contributed by atoms with van der Waals surface area (Å²) in [6, 6.07) is 13.9. The highest BCUT2D eigenvalue weighted by molar-refractivity contribution is 8.02. The summed E-state index contributed by atoms with van der Waals surface area (Å²) >= 11 is 1.65. The standard InChI is InChI=1S/C31H39N3O4S/c1-6-17(2)22(16-35)34-27(29(37)33-26-18(3)11-10-12-19(26)4)31-20(5)15-23(39-31)24(25(31)30(34)38)28(36)32-21-13-8-7-9-14-21/h7-14,17,20,22-25,27,35H,6,15-16H2,1-5H3,(H,32,36)(H,33,37)/t17-,20?,22-,23-,24+,25-,27?,31?/m0/s1. The maximum absolute atomic E-state index is 14.4. The lowest BCUT2D eigenvalue weighted by Gasteiger charge is -2.41. The predicted molar refractivity (Wildman–Crippen MR) is 155 cm³/mol. The van der Waals surface area contributed by atoms with Gasteiger partial charge >= 0.3 is 0 Å². The lowest BCUT2D eigenvalue weighted by atomic mass is 9.65. The number of amides is 3. The molecular weight excluding hydrogens is 510 g/mol. The number of carbonyl (C=O) groups is 3. The van der Waals surface area contributed by atoms with Gasteiger partial charge in [0.15, 0.2) is 0 Å². The molecular formula is C31H39N3O4S. The van der Waals surface area contributed by atoms with Crippen molar-refractivity contribution >= 4 is 40.9 Å². The molecule has 2 aromatic rings. The molecule has 0 radical (unpaired) electrons. The highest BCUT2D eigenvalue weighted by atomic mass is 32.2. The van der Waals surface area contributed by atoms with Crippen LogP contribution in [0.4, 0.5) is 11.4 Å². The number of hydrogen-bond acceptors (Lipinski definition) is 5. The van der Waals surface area contributed by atoms with Crippen molar-refractivity contribution in [1.82, 2.24) is 4.90 Å². The Morgan fingerprint density at radius 1 is 1.08 bits per heavy atom. The first-order chi connectivity index (χ1) is 18.6. The van der Waals surface area contributed by atoms with Crippen molar-refractivity contribution in [3.05, 3.63) is 59.7 Å². The zero-order chi connectivity index (χ0) is 28.1. The van der Waals surface area contributed by atoms with E-state index in [0.29, 0.717) is 5.69 Å². The van der Waals surface area contributed by atoms with Crippen molar-refractivity contribution in [1.29, 1.82) is 0 Å². The van der Waals surface area contributed by atoms with Gasteiger partial charge in [-0.25, -0.2) is 0 Å². The van der Waals surface area contributed by atoms with Crippen LogP contribution in [-0.4, -0.2) is 56.4 Å². The molecule has 3 amide bonds. The van der Waals surface area contributed by atoms with Gasteiger partial charge in [-0.05, 0) is 55.4 Å². The molecule has 3 aliphatic heterocycles. The van der Waals surface area contributed by atoms with Crippen LogP contribution in [0.3, 0.4) is 0 Å². The average Bonchev–Trinajstić information content (AvgIpc) is 3.51. The zero-order valence-corrected chi connectivity index (χ0v) is 24.1. The minimum Gasteiger partial charge on any atom is -0.394 e. The van der Waals surface area contributed by atoms with Gasteiger partial charge in [0, 0.05) is 16.6 Å². The number of aliphatic hydroxyl groups excluding tert-OH is 1. The Balaban J connectivity index is 1.58. The van der Waals surface area contributed by atoms with Crippen molar-refractivity contribution in [2.45, 2.75) is 69.5 Å².